The lowest BCUT2D eigenvalue weighted by Gasteiger charge is -2.10. The van der Waals surface area contributed by atoms with Gasteiger partial charge in [-0.25, -0.2) is 19.9 Å². The number of hydrogen-bond acceptors (Lipinski definition) is 5. The molecule has 3 heterocycles. The van der Waals surface area contributed by atoms with Crippen molar-refractivity contribution >= 4 is 32.5 Å². The van der Waals surface area contributed by atoms with Crippen molar-refractivity contribution in [2.45, 2.75) is 13.3 Å². The smallest absolute Gasteiger partial charge is 0.179 e. The fraction of sp³-hybridized carbons (Fsp3) is 0.0588. The first-order chi connectivity index (χ1) is 19.2. The van der Waals surface area contributed by atoms with E-state index in [1.165, 1.54) is 9.71 Å². The number of aromatic nitrogens is 4. The van der Waals surface area contributed by atoms with Gasteiger partial charge in [0.25, 0.3) is 0 Å². The molecule has 0 saturated carbocycles. The van der Waals surface area contributed by atoms with Gasteiger partial charge in [0.15, 0.2) is 5.82 Å². The summed E-state index contributed by atoms with van der Waals surface area (Å²) in [5.41, 5.74) is 8.88. The molecule has 0 fully saturated rings. The Hall–Kier alpha value is -4.74. The Bertz CT molecular complexity index is 1940. The maximum absolute atomic E-state index is 4.98. The highest BCUT2D eigenvalue weighted by Gasteiger charge is 2.13. The lowest BCUT2D eigenvalue weighted by Crippen LogP contribution is -1.97. The summed E-state index contributed by atoms with van der Waals surface area (Å²) >= 11 is 1.77. The third-order valence-electron chi connectivity index (χ3n) is 6.87. The molecule has 0 radical (unpaired) electrons. The van der Waals surface area contributed by atoms with E-state index in [0.717, 1.165) is 62.2 Å². The molecule has 0 aliphatic carbocycles. The molecule has 0 unspecified atom stereocenters. The number of fused-ring (bicyclic) bond motifs is 2. The van der Waals surface area contributed by atoms with Crippen molar-refractivity contribution in [1.82, 2.24) is 19.9 Å². The summed E-state index contributed by atoms with van der Waals surface area (Å²) < 4.78 is 1.23. The number of aryl methyl sites for hydroxylation is 1. The predicted octanol–water partition coefficient (Wildman–Crippen LogP) is 8.86. The van der Waals surface area contributed by atoms with Crippen molar-refractivity contribution in [3.8, 4) is 45.2 Å². The van der Waals surface area contributed by atoms with Gasteiger partial charge in [0.2, 0.25) is 0 Å². The molecule has 0 bridgehead atoms. The molecule has 0 atom stereocenters. The Balaban J connectivity index is 1.30. The highest BCUT2D eigenvalue weighted by molar-refractivity contribution is 7.18. The summed E-state index contributed by atoms with van der Waals surface area (Å²) in [5.74, 6) is 0.613. The highest BCUT2D eigenvalue weighted by Crippen LogP contribution is 2.31. The first-order valence-electron chi connectivity index (χ1n) is 13.0. The van der Waals surface area contributed by atoms with Gasteiger partial charge in [-0.3, -0.25) is 0 Å². The molecule has 0 aliphatic heterocycles. The summed E-state index contributed by atoms with van der Waals surface area (Å²) in [7, 11) is 0. The average Bonchev–Trinajstić information content (AvgIpc) is 3.44. The molecule has 7 rings (SSSR count). The number of hydrogen-bond donors (Lipinski definition) is 0. The molecule has 0 aliphatic rings. The second-order valence-electron chi connectivity index (χ2n) is 9.44. The van der Waals surface area contributed by atoms with Crippen molar-refractivity contribution < 1.29 is 0 Å². The molecule has 5 heteroatoms. The van der Waals surface area contributed by atoms with E-state index in [1.807, 2.05) is 42.5 Å². The third kappa shape index (κ3) is 4.58. The first-order valence-corrected chi connectivity index (χ1v) is 13.9. The molecular weight excluding hydrogens is 496 g/mol. The van der Waals surface area contributed by atoms with Crippen LogP contribution >= 0.6 is 11.3 Å². The van der Waals surface area contributed by atoms with Crippen LogP contribution in [0.2, 0.25) is 0 Å². The van der Waals surface area contributed by atoms with Crippen molar-refractivity contribution in [1.29, 1.82) is 0 Å². The summed E-state index contributed by atoms with van der Waals surface area (Å²) in [6, 6.07) is 39.6. The summed E-state index contributed by atoms with van der Waals surface area (Å²) in [6.07, 6.45) is 0.962. The van der Waals surface area contributed by atoms with Crippen LogP contribution in [0.15, 0.2) is 115 Å². The van der Waals surface area contributed by atoms with Crippen LogP contribution in [0.1, 0.15) is 11.9 Å². The summed E-state index contributed by atoms with van der Waals surface area (Å²) in [5, 5.41) is 2.27. The van der Waals surface area contributed by atoms with Crippen LogP contribution in [0, 0.1) is 0 Å². The Morgan fingerprint density at radius 3 is 2.00 bits per heavy atom. The second-order valence-corrected chi connectivity index (χ2v) is 10.6. The zero-order valence-electron chi connectivity index (χ0n) is 21.4. The van der Waals surface area contributed by atoms with Crippen LogP contribution in [-0.2, 0) is 6.42 Å². The lowest BCUT2D eigenvalue weighted by molar-refractivity contribution is 1.11. The largest absolute Gasteiger partial charge is 0.244 e. The standard InChI is InChI=1S/C34H24N4S/c1-2-33-36-31-20-26(17-19-32(31)39-33)22-12-14-25(15-13-22)30-21-29(23-8-4-3-5-9-23)37-34(38-30)28-18-16-24-10-6-7-11-27(24)35-28/h3-21H,2H2,1H3. The Morgan fingerprint density at radius 1 is 0.513 bits per heavy atom. The van der Waals surface area contributed by atoms with Gasteiger partial charge in [-0.1, -0.05) is 91.9 Å². The lowest BCUT2D eigenvalue weighted by atomic mass is 10.0. The van der Waals surface area contributed by atoms with Gasteiger partial charge >= 0.3 is 0 Å². The minimum absolute atomic E-state index is 0.613. The first kappa shape index (κ1) is 23.4. The van der Waals surface area contributed by atoms with Crippen LogP contribution in [0.3, 0.4) is 0 Å². The number of para-hydroxylation sites is 1. The topological polar surface area (TPSA) is 51.6 Å². The Morgan fingerprint density at radius 2 is 1.21 bits per heavy atom. The van der Waals surface area contributed by atoms with E-state index in [0.29, 0.717) is 5.82 Å². The number of benzene rings is 4. The van der Waals surface area contributed by atoms with E-state index >= 15 is 0 Å². The van der Waals surface area contributed by atoms with Crippen molar-refractivity contribution in [2.75, 3.05) is 0 Å². The second kappa shape index (κ2) is 9.86. The van der Waals surface area contributed by atoms with Gasteiger partial charge < -0.3 is 0 Å². The van der Waals surface area contributed by atoms with E-state index in [2.05, 4.69) is 79.7 Å². The van der Waals surface area contributed by atoms with Gasteiger partial charge in [-0.2, -0.15) is 0 Å². The summed E-state index contributed by atoms with van der Waals surface area (Å²) in [6.45, 7) is 2.15. The molecule has 7 aromatic rings. The molecule has 3 aromatic heterocycles. The number of rotatable bonds is 5. The van der Waals surface area contributed by atoms with Crippen LogP contribution in [0.4, 0.5) is 0 Å². The normalized spacial score (nSPS) is 11.3. The van der Waals surface area contributed by atoms with Crippen molar-refractivity contribution in [3.63, 3.8) is 0 Å². The molecule has 39 heavy (non-hydrogen) atoms. The SMILES string of the molecule is CCc1nc2cc(-c3ccc(-c4cc(-c5ccccc5)nc(-c5ccc6ccccc6n5)n4)cc3)ccc2s1. The van der Waals surface area contributed by atoms with E-state index in [-0.39, 0.29) is 0 Å². The Labute approximate surface area is 230 Å². The quantitative estimate of drug-likeness (QED) is 0.227. The van der Waals surface area contributed by atoms with Gasteiger partial charge in [0.1, 0.15) is 5.69 Å². The zero-order chi connectivity index (χ0) is 26.2. The third-order valence-corrected chi connectivity index (χ3v) is 8.05. The molecule has 4 nitrogen and oxygen atoms in total. The average molecular weight is 521 g/mol. The van der Waals surface area contributed by atoms with Gasteiger partial charge in [-0.05, 0) is 47.9 Å². The van der Waals surface area contributed by atoms with Gasteiger partial charge in [-0.15, -0.1) is 11.3 Å². The van der Waals surface area contributed by atoms with E-state index in [4.69, 9.17) is 19.9 Å². The summed E-state index contributed by atoms with van der Waals surface area (Å²) in [4.78, 5) is 19.6. The fourth-order valence-electron chi connectivity index (χ4n) is 4.80. The maximum Gasteiger partial charge on any atom is 0.179 e. The number of thiazole rings is 1. The Kier molecular flexibility index (Phi) is 5.91. The molecule has 0 amide bonds. The van der Waals surface area contributed by atoms with Crippen molar-refractivity contribution in [3.05, 3.63) is 120 Å². The van der Waals surface area contributed by atoms with Crippen LogP contribution in [-0.4, -0.2) is 19.9 Å². The molecule has 0 spiro atoms. The highest BCUT2D eigenvalue weighted by atomic mass is 32.1. The molecule has 0 N–H and O–H groups in total. The van der Waals surface area contributed by atoms with E-state index < -0.39 is 0 Å². The monoisotopic (exact) mass is 520 g/mol. The van der Waals surface area contributed by atoms with E-state index in [1.54, 1.807) is 11.3 Å². The molecular formula is C34H24N4S. The molecule has 186 valence electrons. The van der Waals surface area contributed by atoms with Crippen LogP contribution in [0.25, 0.3) is 66.3 Å². The van der Waals surface area contributed by atoms with Crippen LogP contribution in [0.5, 0.6) is 0 Å². The van der Waals surface area contributed by atoms with Crippen molar-refractivity contribution in [2.24, 2.45) is 0 Å². The maximum atomic E-state index is 4.98. The molecule has 4 aromatic carbocycles. The number of nitrogens with zero attached hydrogens (tertiary/aromatic N) is 4. The van der Waals surface area contributed by atoms with Gasteiger partial charge in [0.05, 0.1) is 32.1 Å². The van der Waals surface area contributed by atoms with Crippen LogP contribution < -0.4 is 0 Å². The fourth-order valence-corrected chi connectivity index (χ4v) is 5.68. The zero-order valence-corrected chi connectivity index (χ0v) is 22.2. The predicted molar refractivity (Wildman–Crippen MR) is 162 cm³/mol. The van der Waals surface area contributed by atoms with Gasteiger partial charge in [0, 0.05) is 16.5 Å². The molecule has 0 saturated heterocycles. The van der Waals surface area contributed by atoms with E-state index in [9.17, 15) is 0 Å². The minimum atomic E-state index is 0.613. The number of pyridine rings is 1. The minimum Gasteiger partial charge on any atom is -0.244 e.